The summed E-state index contributed by atoms with van der Waals surface area (Å²) in [5.41, 5.74) is 0.510. The van der Waals surface area contributed by atoms with Crippen LogP contribution in [0.2, 0.25) is 0 Å². The number of aromatic nitrogens is 2. The molecule has 2 fully saturated rings. The van der Waals surface area contributed by atoms with Crippen molar-refractivity contribution < 1.29 is 9.59 Å². The standard InChI is InChI=1S/C18H29N5O2/c1-13-9-19-8-7-16(13)22-18(25)14-10-20-23(11-14)12-17(24)21-15-5-3-2-4-6-15/h10-11,13,15-16,19H,2-9,12H2,1H3,(H,21,24)(H,22,25). The van der Waals surface area contributed by atoms with Gasteiger partial charge in [-0.25, -0.2) is 0 Å². The van der Waals surface area contributed by atoms with E-state index < -0.39 is 0 Å². The molecule has 0 bridgehead atoms. The molecule has 1 aliphatic heterocycles. The van der Waals surface area contributed by atoms with Crippen LogP contribution in [0.3, 0.4) is 0 Å². The lowest BCUT2D eigenvalue weighted by molar-refractivity contribution is -0.122. The summed E-state index contributed by atoms with van der Waals surface area (Å²) in [6.45, 7) is 4.14. The SMILES string of the molecule is CC1CNCCC1NC(=O)c1cnn(CC(=O)NC2CCCCC2)c1. The van der Waals surface area contributed by atoms with Gasteiger partial charge in [-0.15, -0.1) is 0 Å². The minimum atomic E-state index is -0.113. The summed E-state index contributed by atoms with van der Waals surface area (Å²) >= 11 is 0. The molecule has 3 N–H and O–H groups in total. The molecule has 2 unspecified atom stereocenters. The molecule has 7 nitrogen and oxygen atoms in total. The first-order valence-corrected chi connectivity index (χ1v) is 9.45. The number of piperidine rings is 1. The Balaban J connectivity index is 1.49. The molecule has 1 aromatic rings. The second kappa shape index (κ2) is 8.47. The zero-order valence-corrected chi connectivity index (χ0v) is 15.0. The number of nitrogens with one attached hydrogen (secondary N) is 3. The molecule has 2 heterocycles. The van der Waals surface area contributed by atoms with Crippen molar-refractivity contribution in [2.75, 3.05) is 13.1 Å². The van der Waals surface area contributed by atoms with Crippen molar-refractivity contribution in [1.82, 2.24) is 25.7 Å². The average molecular weight is 347 g/mol. The van der Waals surface area contributed by atoms with E-state index >= 15 is 0 Å². The molecule has 0 radical (unpaired) electrons. The summed E-state index contributed by atoms with van der Waals surface area (Å²) in [5, 5.41) is 13.6. The first kappa shape index (κ1) is 17.9. The smallest absolute Gasteiger partial charge is 0.254 e. The Morgan fingerprint density at radius 1 is 1.24 bits per heavy atom. The van der Waals surface area contributed by atoms with Crippen LogP contribution in [0.15, 0.2) is 12.4 Å². The van der Waals surface area contributed by atoms with Crippen molar-refractivity contribution in [2.45, 2.75) is 64.1 Å². The van der Waals surface area contributed by atoms with E-state index in [0.29, 0.717) is 17.5 Å². The maximum Gasteiger partial charge on any atom is 0.254 e. The van der Waals surface area contributed by atoms with Crippen LogP contribution in [0.5, 0.6) is 0 Å². The van der Waals surface area contributed by atoms with E-state index in [1.165, 1.54) is 25.5 Å². The van der Waals surface area contributed by atoms with Gasteiger partial charge in [0.05, 0.1) is 11.8 Å². The van der Waals surface area contributed by atoms with Crippen molar-refractivity contribution in [1.29, 1.82) is 0 Å². The lowest BCUT2D eigenvalue weighted by Crippen LogP contribution is -2.48. The Bertz CT molecular complexity index is 594. The fraction of sp³-hybridized carbons (Fsp3) is 0.722. The second-order valence-electron chi connectivity index (χ2n) is 7.38. The highest BCUT2D eigenvalue weighted by molar-refractivity contribution is 5.94. The molecule has 2 atom stereocenters. The normalized spacial score (nSPS) is 24.7. The lowest BCUT2D eigenvalue weighted by Gasteiger charge is -2.30. The minimum absolute atomic E-state index is 0.0334. The van der Waals surface area contributed by atoms with E-state index in [1.54, 1.807) is 10.9 Å². The average Bonchev–Trinajstić information content (AvgIpc) is 3.06. The van der Waals surface area contributed by atoms with E-state index in [2.05, 4.69) is 28.0 Å². The highest BCUT2D eigenvalue weighted by Crippen LogP contribution is 2.17. The molecule has 0 aromatic carbocycles. The molecule has 2 amide bonds. The Labute approximate surface area is 148 Å². The van der Waals surface area contributed by atoms with Crippen LogP contribution >= 0.6 is 0 Å². The lowest BCUT2D eigenvalue weighted by atomic mass is 9.95. The molecule has 2 aliphatic rings. The minimum Gasteiger partial charge on any atom is -0.352 e. The van der Waals surface area contributed by atoms with Gasteiger partial charge in [-0.2, -0.15) is 5.10 Å². The monoisotopic (exact) mass is 347 g/mol. The fourth-order valence-corrected chi connectivity index (χ4v) is 3.71. The van der Waals surface area contributed by atoms with E-state index in [0.717, 1.165) is 32.4 Å². The molecule has 7 heteroatoms. The van der Waals surface area contributed by atoms with Crippen LogP contribution in [0.25, 0.3) is 0 Å². The van der Waals surface area contributed by atoms with E-state index in [9.17, 15) is 9.59 Å². The van der Waals surface area contributed by atoms with Crippen molar-refractivity contribution >= 4 is 11.8 Å². The quantitative estimate of drug-likeness (QED) is 0.743. The zero-order valence-electron chi connectivity index (χ0n) is 15.0. The summed E-state index contributed by atoms with van der Waals surface area (Å²) in [7, 11) is 0. The van der Waals surface area contributed by atoms with Gasteiger partial charge in [0.2, 0.25) is 5.91 Å². The predicted molar refractivity (Wildman–Crippen MR) is 95.1 cm³/mol. The van der Waals surface area contributed by atoms with E-state index in [-0.39, 0.29) is 24.4 Å². The Hall–Kier alpha value is -1.89. The molecular formula is C18H29N5O2. The van der Waals surface area contributed by atoms with Gasteiger partial charge >= 0.3 is 0 Å². The highest BCUT2D eigenvalue weighted by Gasteiger charge is 2.23. The van der Waals surface area contributed by atoms with Gasteiger partial charge in [-0.1, -0.05) is 26.2 Å². The van der Waals surface area contributed by atoms with E-state index in [4.69, 9.17) is 0 Å². The number of carbonyl (C=O) groups excluding carboxylic acids is 2. The van der Waals surface area contributed by atoms with Crippen molar-refractivity contribution in [3.8, 4) is 0 Å². The van der Waals surface area contributed by atoms with Gasteiger partial charge in [-0.3, -0.25) is 14.3 Å². The largest absolute Gasteiger partial charge is 0.352 e. The van der Waals surface area contributed by atoms with Gasteiger partial charge in [0, 0.05) is 18.3 Å². The van der Waals surface area contributed by atoms with Gasteiger partial charge in [0.1, 0.15) is 6.54 Å². The third kappa shape index (κ3) is 5.04. The van der Waals surface area contributed by atoms with Crippen LogP contribution in [0.1, 0.15) is 55.8 Å². The number of rotatable bonds is 5. The molecule has 3 rings (SSSR count). The second-order valence-corrected chi connectivity index (χ2v) is 7.38. The summed E-state index contributed by atoms with van der Waals surface area (Å²) in [4.78, 5) is 24.5. The van der Waals surface area contributed by atoms with Gasteiger partial charge in [0.15, 0.2) is 0 Å². The van der Waals surface area contributed by atoms with Crippen LogP contribution in [-0.2, 0) is 11.3 Å². The summed E-state index contributed by atoms with van der Waals surface area (Å²) < 4.78 is 1.54. The number of carbonyl (C=O) groups is 2. The summed E-state index contributed by atoms with van der Waals surface area (Å²) in [5.74, 6) is 0.264. The highest BCUT2D eigenvalue weighted by atomic mass is 16.2. The first-order valence-electron chi connectivity index (χ1n) is 9.45. The van der Waals surface area contributed by atoms with Crippen LogP contribution in [0.4, 0.5) is 0 Å². The third-order valence-corrected chi connectivity index (χ3v) is 5.27. The molecule has 1 aliphatic carbocycles. The molecular weight excluding hydrogens is 318 g/mol. The third-order valence-electron chi connectivity index (χ3n) is 5.27. The Morgan fingerprint density at radius 2 is 2.04 bits per heavy atom. The fourth-order valence-electron chi connectivity index (χ4n) is 3.71. The molecule has 1 saturated carbocycles. The molecule has 138 valence electrons. The van der Waals surface area contributed by atoms with Gasteiger partial charge in [-0.05, 0) is 38.3 Å². The van der Waals surface area contributed by atoms with E-state index in [1.807, 2.05) is 0 Å². The van der Waals surface area contributed by atoms with Crippen molar-refractivity contribution in [3.05, 3.63) is 18.0 Å². The Kier molecular flexibility index (Phi) is 6.07. The first-order chi connectivity index (χ1) is 12.1. The number of amides is 2. The number of hydrogen-bond donors (Lipinski definition) is 3. The number of hydrogen-bond acceptors (Lipinski definition) is 4. The molecule has 1 saturated heterocycles. The summed E-state index contributed by atoms with van der Waals surface area (Å²) in [6.07, 6.45) is 9.89. The molecule has 25 heavy (non-hydrogen) atoms. The number of nitrogens with zero attached hydrogens (tertiary/aromatic N) is 2. The maximum atomic E-state index is 12.4. The van der Waals surface area contributed by atoms with Gasteiger partial charge < -0.3 is 16.0 Å². The molecule has 0 spiro atoms. The van der Waals surface area contributed by atoms with Crippen molar-refractivity contribution in [3.63, 3.8) is 0 Å². The Morgan fingerprint density at radius 3 is 2.80 bits per heavy atom. The maximum absolute atomic E-state index is 12.4. The van der Waals surface area contributed by atoms with Crippen LogP contribution in [-0.4, -0.2) is 46.8 Å². The topological polar surface area (TPSA) is 88.0 Å². The van der Waals surface area contributed by atoms with Crippen LogP contribution in [0, 0.1) is 5.92 Å². The van der Waals surface area contributed by atoms with Crippen LogP contribution < -0.4 is 16.0 Å². The summed E-state index contributed by atoms with van der Waals surface area (Å²) in [6, 6.07) is 0.479. The zero-order chi connectivity index (χ0) is 17.6. The predicted octanol–water partition coefficient (Wildman–Crippen LogP) is 1.06. The molecule has 1 aromatic heterocycles. The van der Waals surface area contributed by atoms with Gasteiger partial charge in [0.25, 0.3) is 5.91 Å². The van der Waals surface area contributed by atoms with Crippen molar-refractivity contribution in [2.24, 2.45) is 5.92 Å².